The Labute approximate surface area is 188 Å². The quantitative estimate of drug-likeness (QED) is 0.316. The highest BCUT2D eigenvalue weighted by atomic mass is 19.1. The van der Waals surface area contributed by atoms with Crippen LogP contribution in [0.5, 0.6) is 0 Å². The maximum atomic E-state index is 13.6. The molecule has 8 nitrogen and oxygen atoms in total. The number of benzene rings is 2. The molecule has 0 radical (unpaired) electrons. The summed E-state index contributed by atoms with van der Waals surface area (Å²) >= 11 is 0. The van der Waals surface area contributed by atoms with Gasteiger partial charge in [0.2, 0.25) is 0 Å². The Morgan fingerprint density at radius 3 is 2.76 bits per heavy atom. The highest BCUT2D eigenvalue weighted by Gasteiger charge is 2.13. The van der Waals surface area contributed by atoms with Gasteiger partial charge in [0.15, 0.2) is 11.6 Å². The van der Waals surface area contributed by atoms with Crippen LogP contribution in [0.25, 0.3) is 21.8 Å². The molecule has 3 N–H and O–H groups in total. The predicted molar refractivity (Wildman–Crippen MR) is 121 cm³/mol. The summed E-state index contributed by atoms with van der Waals surface area (Å²) in [4.78, 5) is 28.3. The average Bonchev–Trinajstić information content (AvgIpc) is 3.46. The maximum absolute atomic E-state index is 13.6. The molecule has 0 aliphatic rings. The van der Waals surface area contributed by atoms with Gasteiger partial charge in [0.1, 0.15) is 17.9 Å². The standard InChI is InChI=1S/C24H21FN6O2/c25-17-6-3-8-27-20(17)12-28-24(32)21-14-33-23(31-21)7-9-26-13-22-29-18-10-15-4-1-2-5-16(15)11-19(18)30-22/h1-6,8,10-11,14,26H,7,9,12-13H2,(H,28,32)(H,29,30). The Morgan fingerprint density at radius 2 is 1.91 bits per heavy atom. The molecule has 33 heavy (non-hydrogen) atoms. The van der Waals surface area contributed by atoms with Crippen molar-refractivity contribution in [2.75, 3.05) is 6.54 Å². The van der Waals surface area contributed by atoms with E-state index in [0.29, 0.717) is 25.4 Å². The lowest BCUT2D eigenvalue weighted by molar-refractivity contribution is 0.0945. The van der Waals surface area contributed by atoms with E-state index in [1.54, 1.807) is 0 Å². The Hall–Kier alpha value is -4.11. The number of halogens is 1. The Kier molecular flexibility index (Phi) is 5.77. The van der Waals surface area contributed by atoms with Crippen LogP contribution in [0.1, 0.15) is 27.9 Å². The second kappa shape index (κ2) is 9.17. The molecule has 0 bridgehead atoms. The number of rotatable bonds is 8. The lowest BCUT2D eigenvalue weighted by Gasteiger charge is -2.03. The second-order valence-corrected chi connectivity index (χ2v) is 7.57. The van der Waals surface area contributed by atoms with Crippen molar-refractivity contribution in [3.8, 4) is 0 Å². The lowest BCUT2D eigenvalue weighted by atomic mass is 10.1. The number of aromatic amines is 1. The van der Waals surface area contributed by atoms with Crippen molar-refractivity contribution in [2.45, 2.75) is 19.5 Å². The van der Waals surface area contributed by atoms with E-state index in [1.165, 1.54) is 30.0 Å². The largest absolute Gasteiger partial charge is 0.448 e. The van der Waals surface area contributed by atoms with Crippen molar-refractivity contribution in [1.29, 1.82) is 0 Å². The molecule has 0 atom stereocenters. The zero-order valence-electron chi connectivity index (χ0n) is 17.6. The van der Waals surface area contributed by atoms with Crippen LogP contribution in [0.4, 0.5) is 4.39 Å². The molecule has 2 aromatic carbocycles. The number of H-pyrrole nitrogens is 1. The summed E-state index contributed by atoms with van der Waals surface area (Å²) in [6.07, 6.45) is 3.27. The molecule has 0 aliphatic heterocycles. The number of carbonyl (C=O) groups excluding carboxylic acids is 1. The van der Waals surface area contributed by atoms with E-state index in [2.05, 4.69) is 54.8 Å². The van der Waals surface area contributed by atoms with Crippen molar-refractivity contribution >= 4 is 27.7 Å². The Balaban J connectivity index is 1.12. The third kappa shape index (κ3) is 4.73. The van der Waals surface area contributed by atoms with Crippen LogP contribution in [0.15, 0.2) is 65.4 Å². The fraction of sp³-hybridized carbons (Fsp3) is 0.167. The summed E-state index contributed by atoms with van der Waals surface area (Å²) < 4.78 is 19.0. The van der Waals surface area contributed by atoms with E-state index in [1.807, 2.05) is 12.1 Å². The molecular weight excluding hydrogens is 423 g/mol. The van der Waals surface area contributed by atoms with E-state index >= 15 is 0 Å². The minimum absolute atomic E-state index is 0.0255. The SMILES string of the molecule is O=C(NCc1ncccc1F)c1coc(CCNCc2nc3cc4ccccc4cc3[nH]2)n1. The molecule has 3 aromatic heterocycles. The summed E-state index contributed by atoms with van der Waals surface area (Å²) in [5, 5.41) is 8.22. The highest BCUT2D eigenvalue weighted by Crippen LogP contribution is 2.21. The number of pyridine rings is 1. The molecule has 3 heterocycles. The summed E-state index contributed by atoms with van der Waals surface area (Å²) in [7, 11) is 0. The number of oxazole rings is 1. The number of amides is 1. The van der Waals surface area contributed by atoms with Crippen molar-refractivity contribution < 1.29 is 13.6 Å². The molecule has 5 rings (SSSR count). The number of hydrogen-bond donors (Lipinski definition) is 3. The number of hydrogen-bond acceptors (Lipinski definition) is 6. The highest BCUT2D eigenvalue weighted by molar-refractivity contribution is 5.95. The molecule has 0 aliphatic carbocycles. The van der Waals surface area contributed by atoms with Gasteiger partial charge in [0.25, 0.3) is 5.91 Å². The van der Waals surface area contributed by atoms with Gasteiger partial charge in [-0.1, -0.05) is 24.3 Å². The molecule has 0 fully saturated rings. The first-order valence-corrected chi connectivity index (χ1v) is 10.6. The number of nitrogens with one attached hydrogen (secondary N) is 3. The number of imidazole rings is 1. The monoisotopic (exact) mass is 444 g/mol. The van der Waals surface area contributed by atoms with E-state index in [0.717, 1.165) is 22.2 Å². The van der Waals surface area contributed by atoms with E-state index in [9.17, 15) is 9.18 Å². The first-order chi connectivity index (χ1) is 16.2. The van der Waals surface area contributed by atoms with Gasteiger partial charge in [-0.15, -0.1) is 0 Å². The fourth-order valence-corrected chi connectivity index (χ4v) is 3.57. The zero-order valence-corrected chi connectivity index (χ0v) is 17.6. The fourth-order valence-electron chi connectivity index (χ4n) is 3.57. The summed E-state index contributed by atoms with van der Waals surface area (Å²) in [6.45, 7) is 1.14. The minimum atomic E-state index is -0.470. The summed E-state index contributed by atoms with van der Waals surface area (Å²) in [5.41, 5.74) is 2.24. The van der Waals surface area contributed by atoms with Crippen LogP contribution < -0.4 is 10.6 Å². The van der Waals surface area contributed by atoms with Gasteiger partial charge in [-0.3, -0.25) is 9.78 Å². The van der Waals surface area contributed by atoms with Gasteiger partial charge in [-0.2, -0.15) is 0 Å². The minimum Gasteiger partial charge on any atom is -0.448 e. The van der Waals surface area contributed by atoms with Gasteiger partial charge in [0.05, 0.1) is 29.8 Å². The molecule has 0 unspecified atom stereocenters. The molecule has 166 valence electrons. The Bertz CT molecular complexity index is 1370. The smallest absolute Gasteiger partial charge is 0.273 e. The third-order valence-corrected chi connectivity index (χ3v) is 5.24. The average molecular weight is 444 g/mol. The van der Waals surface area contributed by atoms with Crippen molar-refractivity contribution in [2.24, 2.45) is 0 Å². The molecule has 0 saturated heterocycles. The van der Waals surface area contributed by atoms with Crippen LogP contribution >= 0.6 is 0 Å². The van der Waals surface area contributed by atoms with Gasteiger partial charge >= 0.3 is 0 Å². The molecule has 9 heteroatoms. The van der Waals surface area contributed by atoms with Crippen LogP contribution in [0.2, 0.25) is 0 Å². The first kappa shape index (κ1) is 20.8. The van der Waals surface area contributed by atoms with E-state index < -0.39 is 11.7 Å². The van der Waals surface area contributed by atoms with Crippen LogP contribution in [-0.2, 0) is 19.5 Å². The molecule has 0 saturated carbocycles. The number of aromatic nitrogens is 4. The molecule has 5 aromatic rings. The number of nitrogens with zero attached hydrogens (tertiary/aromatic N) is 3. The number of fused-ring (bicyclic) bond motifs is 2. The van der Waals surface area contributed by atoms with Crippen LogP contribution in [0.3, 0.4) is 0 Å². The van der Waals surface area contributed by atoms with Crippen LogP contribution in [0, 0.1) is 5.82 Å². The molecule has 1 amide bonds. The lowest BCUT2D eigenvalue weighted by Crippen LogP contribution is -2.24. The second-order valence-electron chi connectivity index (χ2n) is 7.57. The summed E-state index contributed by atoms with van der Waals surface area (Å²) in [5.74, 6) is 0.363. The zero-order chi connectivity index (χ0) is 22.6. The van der Waals surface area contributed by atoms with Gasteiger partial charge < -0.3 is 20.0 Å². The third-order valence-electron chi connectivity index (χ3n) is 5.24. The molecular formula is C24H21FN6O2. The van der Waals surface area contributed by atoms with Crippen molar-refractivity contribution in [1.82, 2.24) is 30.6 Å². The van der Waals surface area contributed by atoms with Crippen LogP contribution in [-0.4, -0.2) is 32.4 Å². The van der Waals surface area contributed by atoms with Gasteiger partial charge in [0, 0.05) is 19.2 Å². The molecule has 0 spiro atoms. The Morgan fingerprint density at radius 1 is 1.06 bits per heavy atom. The van der Waals surface area contributed by atoms with Gasteiger partial charge in [-0.25, -0.2) is 14.4 Å². The van der Waals surface area contributed by atoms with Crippen molar-refractivity contribution in [3.05, 3.63) is 89.9 Å². The van der Waals surface area contributed by atoms with Crippen molar-refractivity contribution in [3.63, 3.8) is 0 Å². The summed E-state index contributed by atoms with van der Waals surface area (Å²) in [6, 6.07) is 15.2. The normalized spacial score (nSPS) is 11.3. The van der Waals surface area contributed by atoms with E-state index in [4.69, 9.17) is 4.42 Å². The maximum Gasteiger partial charge on any atom is 0.273 e. The first-order valence-electron chi connectivity index (χ1n) is 10.6. The topological polar surface area (TPSA) is 109 Å². The predicted octanol–water partition coefficient (Wildman–Crippen LogP) is 3.50. The van der Waals surface area contributed by atoms with E-state index in [-0.39, 0.29) is 17.9 Å². The number of carbonyl (C=O) groups is 1. The van der Waals surface area contributed by atoms with Gasteiger partial charge in [-0.05, 0) is 35.0 Å².